The van der Waals surface area contributed by atoms with E-state index in [-0.39, 0.29) is 28.9 Å². The fourth-order valence-electron chi connectivity index (χ4n) is 2.94. The molecule has 0 spiro atoms. The van der Waals surface area contributed by atoms with Gasteiger partial charge in [0, 0.05) is 24.5 Å². The Balaban J connectivity index is 1.68. The summed E-state index contributed by atoms with van der Waals surface area (Å²) in [5, 5.41) is 11.5. The zero-order valence-corrected chi connectivity index (χ0v) is 17.6. The van der Waals surface area contributed by atoms with Crippen molar-refractivity contribution in [3.8, 4) is 0 Å². The summed E-state index contributed by atoms with van der Waals surface area (Å²) >= 11 is 5.92. The van der Waals surface area contributed by atoms with E-state index in [0.717, 1.165) is 37.9 Å². The normalized spacial score (nSPS) is 10.7. The first kappa shape index (κ1) is 22.8. The van der Waals surface area contributed by atoms with Gasteiger partial charge in [0.1, 0.15) is 0 Å². The van der Waals surface area contributed by atoms with Gasteiger partial charge >= 0.3 is 0 Å². The third-order valence-corrected chi connectivity index (χ3v) is 4.91. The number of ketones is 1. The van der Waals surface area contributed by atoms with Crippen molar-refractivity contribution in [1.82, 2.24) is 9.97 Å². The van der Waals surface area contributed by atoms with E-state index in [9.17, 15) is 4.79 Å². The summed E-state index contributed by atoms with van der Waals surface area (Å²) in [7, 11) is 0. The quantitative estimate of drug-likeness (QED) is 0.236. The maximum absolute atomic E-state index is 12.3. The van der Waals surface area contributed by atoms with Crippen molar-refractivity contribution in [2.24, 2.45) is 5.73 Å². The summed E-state index contributed by atoms with van der Waals surface area (Å²) < 4.78 is 0. The minimum absolute atomic E-state index is 0.00443. The van der Waals surface area contributed by atoms with Gasteiger partial charge in [-0.25, -0.2) is 9.97 Å². The molecule has 1 heterocycles. The highest BCUT2D eigenvalue weighted by molar-refractivity contribution is 6.30. The van der Waals surface area contributed by atoms with Gasteiger partial charge in [0.15, 0.2) is 22.4 Å². The second kappa shape index (κ2) is 11.5. The Labute approximate surface area is 176 Å². The summed E-state index contributed by atoms with van der Waals surface area (Å²) in [6.45, 7) is 3.06. The van der Waals surface area contributed by atoms with Crippen LogP contribution in [0.4, 0.5) is 11.5 Å². The van der Waals surface area contributed by atoms with Crippen molar-refractivity contribution in [1.29, 1.82) is 5.41 Å². The van der Waals surface area contributed by atoms with Crippen molar-refractivity contribution in [2.45, 2.75) is 45.4 Å². The van der Waals surface area contributed by atoms with Crippen LogP contribution in [0.5, 0.6) is 0 Å². The smallest absolute Gasteiger partial charge is 0.190 e. The number of hydrogen-bond acceptors (Lipinski definition) is 7. The zero-order valence-electron chi connectivity index (χ0n) is 16.8. The van der Waals surface area contributed by atoms with Crippen LogP contribution in [-0.2, 0) is 6.42 Å². The fraction of sp³-hybridized carbons (Fsp3) is 0.429. The van der Waals surface area contributed by atoms with Gasteiger partial charge in [-0.1, -0.05) is 30.2 Å². The molecule has 8 heteroatoms. The molecule has 2 aromatic rings. The number of nitrogens with zero attached hydrogens (tertiary/aromatic N) is 2. The van der Waals surface area contributed by atoms with E-state index in [1.165, 1.54) is 5.56 Å². The molecule has 0 atom stereocenters. The number of benzene rings is 1. The van der Waals surface area contributed by atoms with Gasteiger partial charge in [-0.05, 0) is 50.3 Å². The second-order valence-electron chi connectivity index (χ2n) is 7.01. The van der Waals surface area contributed by atoms with Crippen molar-refractivity contribution >= 4 is 34.6 Å². The Morgan fingerprint density at radius 1 is 1.17 bits per heavy atom. The molecule has 0 amide bonds. The molecule has 0 fully saturated rings. The number of nitrogens with one attached hydrogen (secondary N) is 2. The molecule has 29 heavy (non-hydrogen) atoms. The molecular weight excluding hydrogens is 388 g/mol. The molecule has 0 aliphatic heterocycles. The summed E-state index contributed by atoms with van der Waals surface area (Å²) in [6.07, 6.45) is 4.50. The molecule has 0 saturated heterocycles. The number of hydrogen-bond donors (Lipinski definition) is 4. The Hall–Kier alpha value is -2.51. The van der Waals surface area contributed by atoms with Crippen LogP contribution in [-0.4, -0.2) is 34.6 Å². The summed E-state index contributed by atoms with van der Waals surface area (Å²) in [6, 6.07) is 8.38. The van der Waals surface area contributed by atoms with Gasteiger partial charge in [-0.3, -0.25) is 4.79 Å². The first-order valence-electron chi connectivity index (χ1n) is 9.82. The van der Waals surface area contributed by atoms with Crippen LogP contribution in [0.2, 0.25) is 5.15 Å². The number of anilines is 2. The van der Waals surface area contributed by atoms with Gasteiger partial charge < -0.3 is 22.2 Å². The van der Waals surface area contributed by atoms with E-state index in [1.54, 1.807) is 6.92 Å². The summed E-state index contributed by atoms with van der Waals surface area (Å²) in [5.74, 6) is -0.251. The molecule has 6 N–H and O–H groups in total. The van der Waals surface area contributed by atoms with Crippen molar-refractivity contribution in [2.75, 3.05) is 24.1 Å². The number of rotatable bonds is 12. The number of nitrogens with two attached hydrogens (primary N) is 2. The molecule has 7 nitrogen and oxygen atoms in total. The SMILES string of the molecule is Cc1nc(N)c(C(=O)CC(=N)CCCCCc2ccc(NCCN)cc2)nc1Cl. The molecule has 0 bridgehead atoms. The van der Waals surface area contributed by atoms with E-state index in [2.05, 4.69) is 39.6 Å². The van der Waals surface area contributed by atoms with Crippen molar-refractivity contribution in [3.63, 3.8) is 0 Å². The fourth-order valence-corrected chi connectivity index (χ4v) is 3.06. The number of aryl methyl sites for hydroxylation is 2. The van der Waals surface area contributed by atoms with E-state index < -0.39 is 0 Å². The largest absolute Gasteiger partial charge is 0.384 e. The molecule has 2 rings (SSSR count). The average Bonchev–Trinajstić information content (AvgIpc) is 2.69. The lowest BCUT2D eigenvalue weighted by molar-refractivity contribution is 0.0996. The lowest BCUT2D eigenvalue weighted by Gasteiger charge is -2.08. The topological polar surface area (TPSA) is 131 Å². The molecule has 0 aliphatic carbocycles. The molecule has 0 radical (unpaired) electrons. The van der Waals surface area contributed by atoms with E-state index in [1.807, 2.05) is 0 Å². The van der Waals surface area contributed by atoms with Crippen molar-refractivity contribution < 1.29 is 4.79 Å². The molecule has 156 valence electrons. The van der Waals surface area contributed by atoms with Gasteiger partial charge in [-0.2, -0.15) is 0 Å². The third-order valence-electron chi connectivity index (χ3n) is 4.55. The van der Waals surface area contributed by atoms with Gasteiger partial charge in [0.05, 0.1) is 12.1 Å². The van der Waals surface area contributed by atoms with Gasteiger partial charge in [-0.15, -0.1) is 0 Å². The number of carbonyl (C=O) groups excluding carboxylic acids is 1. The minimum atomic E-state index is -0.315. The Kier molecular flexibility index (Phi) is 9.02. The predicted molar refractivity (Wildman–Crippen MR) is 119 cm³/mol. The Bertz CT molecular complexity index is 838. The molecule has 0 saturated carbocycles. The minimum Gasteiger partial charge on any atom is -0.384 e. The van der Waals surface area contributed by atoms with Crippen molar-refractivity contribution in [3.05, 3.63) is 46.4 Å². The Morgan fingerprint density at radius 2 is 1.90 bits per heavy atom. The van der Waals surface area contributed by atoms with Crippen LogP contribution in [0.15, 0.2) is 24.3 Å². The number of nitrogen functional groups attached to an aromatic ring is 1. The monoisotopic (exact) mass is 416 g/mol. The molecule has 0 aliphatic rings. The molecule has 1 aromatic heterocycles. The van der Waals surface area contributed by atoms with Crippen LogP contribution in [0, 0.1) is 12.3 Å². The van der Waals surface area contributed by atoms with E-state index >= 15 is 0 Å². The van der Waals surface area contributed by atoms with Gasteiger partial charge in [0.25, 0.3) is 0 Å². The molecule has 1 aromatic carbocycles. The number of unbranched alkanes of at least 4 members (excludes halogenated alkanes) is 2. The van der Waals surface area contributed by atoms with Crippen LogP contribution in [0.1, 0.15) is 53.8 Å². The van der Waals surface area contributed by atoms with Gasteiger partial charge in [0.2, 0.25) is 0 Å². The number of halogens is 1. The first-order valence-corrected chi connectivity index (χ1v) is 10.2. The maximum Gasteiger partial charge on any atom is 0.190 e. The Morgan fingerprint density at radius 3 is 2.59 bits per heavy atom. The average molecular weight is 417 g/mol. The standard InChI is InChI=1S/C21H29ClN6O/c1-14-20(22)28-19(21(25)27-14)18(29)13-16(24)6-4-2-3-5-15-7-9-17(10-8-15)26-12-11-23/h7-10,24,26H,2-6,11-13,23H2,1H3,(H2,25,27). The zero-order chi connectivity index (χ0) is 21.2. The lowest BCUT2D eigenvalue weighted by atomic mass is 10.0. The molecule has 0 unspecified atom stereocenters. The number of carbonyl (C=O) groups is 1. The first-order chi connectivity index (χ1) is 13.9. The number of aromatic nitrogens is 2. The predicted octanol–water partition coefficient (Wildman–Crippen LogP) is 3.79. The van der Waals surface area contributed by atoms with Crippen LogP contribution in [0.3, 0.4) is 0 Å². The summed E-state index contributed by atoms with van der Waals surface area (Å²) in [4.78, 5) is 20.3. The highest BCUT2D eigenvalue weighted by Crippen LogP contribution is 2.17. The lowest BCUT2D eigenvalue weighted by Crippen LogP contribution is -2.13. The number of Topliss-reactive ketones (excluding diaryl/α,β-unsaturated/α-hetero) is 1. The van der Waals surface area contributed by atoms with Crippen LogP contribution < -0.4 is 16.8 Å². The highest BCUT2D eigenvalue weighted by Gasteiger charge is 2.17. The molecular formula is C21H29ClN6O. The maximum atomic E-state index is 12.3. The van der Waals surface area contributed by atoms with Crippen LogP contribution >= 0.6 is 11.6 Å². The van der Waals surface area contributed by atoms with E-state index in [4.69, 9.17) is 28.5 Å². The van der Waals surface area contributed by atoms with E-state index in [0.29, 0.717) is 24.4 Å². The second-order valence-corrected chi connectivity index (χ2v) is 7.37. The van der Waals surface area contributed by atoms with Crippen LogP contribution in [0.25, 0.3) is 0 Å². The highest BCUT2D eigenvalue weighted by atomic mass is 35.5. The summed E-state index contributed by atoms with van der Waals surface area (Å²) in [5.41, 5.74) is 14.5. The third kappa shape index (κ3) is 7.44.